The van der Waals surface area contributed by atoms with Crippen LogP contribution in [0, 0.1) is 0 Å². The van der Waals surface area contributed by atoms with Crippen LogP contribution in [0.1, 0.15) is 48.1 Å². The first-order valence-corrected chi connectivity index (χ1v) is 10.7. The van der Waals surface area contributed by atoms with Crippen LogP contribution in [0.25, 0.3) is 0 Å². The molecule has 1 saturated heterocycles. The molecule has 1 aliphatic heterocycles. The zero-order chi connectivity index (χ0) is 21.6. The zero-order valence-corrected chi connectivity index (χ0v) is 18.3. The average Bonchev–Trinajstić information content (AvgIpc) is 3.19. The van der Waals surface area contributed by atoms with Crippen LogP contribution in [0.2, 0.25) is 0 Å². The molecule has 1 aliphatic rings. The molecular weight excluding hydrogens is 380 g/mol. The number of nitrogens with one attached hydrogen (secondary N) is 1. The average molecular weight is 414 g/mol. The van der Waals surface area contributed by atoms with E-state index in [1.165, 1.54) is 5.56 Å². The number of nitrogens with zero attached hydrogens (tertiary/aromatic N) is 1. The van der Waals surface area contributed by atoms with Crippen LogP contribution in [-0.4, -0.2) is 55.7 Å². The molecule has 0 atom stereocenters. The van der Waals surface area contributed by atoms with Crippen molar-refractivity contribution in [3.63, 3.8) is 0 Å². The highest BCUT2D eigenvalue weighted by Gasteiger charge is 2.42. The van der Waals surface area contributed by atoms with E-state index in [-0.39, 0.29) is 18.3 Å². The standard InChI is InChI=1S/C24H32N2O4/c1-4-29-22(27)18-24(14-16-26(2,3)17-15-24)25-23(28)21-13-12-20(30-21)11-10-19-8-6-5-7-9-19/h5-9,12-13H,4,10-11,14-18H2,1-3H3/p+1. The Bertz CT molecular complexity index is 847. The molecule has 1 aromatic heterocycles. The first kappa shape index (κ1) is 22.1. The molecule has 0 bridgehead atoms. The lowest BCUT2D eigenvalue weighted by Crippen LogP contribution is -2.60. The highest BCUT2D eigenvalue weighted by atomic mass is 16.5. The Balaban J connectivity index is 1.65. The van der Waals surface area contributed by atoms with E-state index in [0.717, 1.165) is 49.0 Å². The lowest BCUT2D eigenvalue weighted by Gasteiger charge is -2.44. The minimum absolute atomic E-state index is 0.189. The maximum Gasteiger partial charge on any atom is 0.308 e. The summed E-state index contributed by atoms with van der Waals surface area (Å²) in [5.41, 5.74) is 0.643. The Kier molecular flexibility index (Phi) is 6.98. The molecule has 162 valence electrons. The molecule has 30 heavy (non-hydrogen) atoms. The lowest BCUT2D eigenvalue weighted by molar-refractivity contribution is -0.896. The quantitative estimate of drug-likeness (QED) is 0.532. The lowest BCUT2D eigenvalue weighted by atomic mass is 9.83. The third-order valence-corrected chi connectivity index (χ3v) is 5.95. The molecule has 1 N–H and O–H groups in total. The molecule has 6 heteroatoms. The number of furan rings is 1. The van der Waals surface area contributed by atoms with E-state index in [0.29, 0.717) is 12.4 Å². The predicted molar refractivity (Wildman–Crippen MR) is 115 cm³/mol. The number of carbonyl (C=O) groups excluding carboxylic acids is 2. The summed E-state index contributed by atoms with van der Waals surface area (Å²) in [5, 5.41) is 3.12. The number of rotatable bonds is 8. The highest BCUT2D eigenvalue weighted by molar-refractivity contribution is 5.92. The number of esters is 1. The second-order valence-corrected chi connectivity index (χ2v) is 8.85. The summed E-state index contributed by atoms with van der Waals surface area (Å²) in [5.74, 6) is 0.538. The van der Waals surface area contributed by atoms with Crippen molar-refractivity contribution in [3.8, 4) is 0 Å². The Morgan fingerprint density at radius 3 is 2.43 bits per heavy atom. The van der Waals surface area contributed by atoms with Crippen LogP contribution in [0.4, 0.5) is 0 Å². The van der Waals surface area contributed by atoms with E-state index in [1.807, 2.05) is 24.3 Å². The van der Waals surface area contributed by atoms with Gasteiger partial charge in [-0.25, -0.2) is 0 Å². The topological polar surface area (TPSA) is 68.5 Å². The number of benzene rings is 1. The van der Waals surface area contributed by atoms with Crippen LogP contribution >= 0.6 is 0 Å². The van der Waals surface area contributed by atoms with Gasteiger partial charge in [0.15, 0.2) is 5.76 Å². The molecule has 6 nitrogen and oxygen atoms in total. The molecule has 0 aliphatic carbocycles. The van der Waals surface area contributed by atoms with Gasteiger partial charge >= 0.3 is 5.97 Å². The van der Waals surface area contributed by atoms with E-state index in [2.05, 4.69) is 31.5 Å². The fraction of sp³-hybridized carbons (Fsp3) is 0.500. The molecule has 1 amide bonds. The van der Waals surface area contributed by atoms with E-state index >= 15 is 0 Å². The number of hydrogen-bond donors (Lipinski definition) is 1. The maximum absolute atomic E-state index is 12.9. The smallest absolute Gasteiger partial charge is 0.308 e. The van der Waals surface area contributed by atoms with Gasteiger partial charge in [-0.05, 0) is 31.0 Å². The van der Waals surface area contributed by atoms with Gasteiger partial charge in [0.25, 0.3) is 5.91 Å². The number of likely N-dealkylation sites (tertiary alicyclic amines) is 1. The molecule has 2 aromatic rings. The summed E-state index contributed by atoms with van der Waals surface area (Å²) >= 11 is 0. The zero-order valence-electron chi connectivity index (χ0n) is 18.3. The van der Waals surface area contributed by atoms with Crippen LogP contribution < -0.4 is 5.32 Å². The van der Waals surface area contributed by atoms with Crippen molar-refractivity contribution in [2.75, 3.05) is 33.8 Å². The summed E-state index contributed by atoms with van der Waals surface area (Å²) < 4.78 is 11.9. The molecule has 1 fully saturated rings. The van der Waals surface area contributed by atoms with Gasteiger partial charge in [0, 0.05) is 19.3 Å². The third-order valence-electron chi connectivity index (χ3n) is 5.95. The molecule has 1 aromatic carbocycles. The number of ether oxygens (including phenoxy) is 1. The molecule has 0 spiro atoms. The Morgan fingerprint density at radius 1 is 1.07 bits per heavy atom. The van der Waals surface area contributed by atoms with Crippen molar-refractivity contribution in [2.45, 2.75) is 44.6 Å². The van der Waals surface area contributed by atoms with Gasteiger partial charge in [-0.15, -0.1) is 0 Å². The van der Waals surface area contributed by atoms with Crippen LogP contribution in [0.3, 0.4) is 0 Å². The number of carbonyl (C=O) groups is 2. The number of hydrogen-bond acceptors (Lipinski definition) is 4. The fourth-order valence-corrected chi connectivity index (χ4v) is 3.95. The van der Waals surface area contributed by atoms with Gasteiger partial charge in [0.2, 0.25) is 0 Å². The maximum atomic E-state index is 12.9. The minimum atomic E-state index is -0.589. The van der Waals surface area contributed by atoms with E-state index < -0.39 is 5.54 Å². The van der Waals surface area contributed by atoms with Gasteiger partial charge in [-0.3, -0.25) is 9.59 Å². The van der Waals surface area contributed by atoms with E-state index in [9.17, 15) is 9.59 Å². The van der Waals surface area contributed by atoms with Crippen molar-refractivity contribution in [1.29, 1.82) is 0 Å². The molecular formula is C24H33N2O4+. The Labute approximate surface area is 178 Å². The van der Waals surface area contributed by atoms with Crippen molar-refractivity contribution < 1.29 is 23.2 Å². The first-order valence-electron chi connectivity index (χ1n) is 10.7. The van der Waals surface area contributed by atoms with Crippen LogP contribution in [-0.2, 0) is 22.4 Å². The Hall–Kier alpha value is -2.60. The number of quaternary nitrogens is 1. The SMILES string of the molecule is CCOC(=O)CC1(NC(=O)c2ccc(CCc3ccccc3)o2)CC[N+](C)(C)CC1. The molecule has 2 heterocycles. The third kappa shape index (κ3) is 5.95. The summed E-state index contributed by atoms with van der Waals surface area (Å²) in [6.45, 7) is 3.91. The monoisotopic (exact) mass is 413 g/mol. The number of amides is 1. The van der Waals surface area contributed by atoms with Crippen molar-refractivity contribution in [3.05, 3.63) is 59.5 Å². The summed E-state index contributed by atoms with van der Waals surface area (Å²) in [6, 6.07) is 13.8. The van der Waals surface area contributed by atoms with E-state index in [4.69, 9.17) is 9.15 Å². The van der Waals surface area contributed by atoms with Crippen molar-refractivity contribution in [1.82, 2.24) is 5.32 Å². The van der Waals surface area contributed by atoms with Gasteiger partial charge in [-0.1, -0.05) is 30.3 Å². The van der Waals surface area contributed by atoms with Crippen LogP contribution in [0.15, 0.2) is 46.9 Å². The normalized spacial score (nSPS) is 17.3. The molecule has 0 radical (unpaired) electrons. The minimum Gasteiger partial charge on any atom is -0.466 e. The second-order valence-electron chi connectivity index (χ2n) is 8.85. The van der Waals surface area contributed by atoms with Crippen LogP contribution in [0.5, 0.6) is 0 Å². The first-order chi connectivity index (χ1) is 14.3. The highest BCUT2D eigenvalue weighted by Crippen LogP contribution is 2.29. The second kappa shape index (κ2) is 9.47. The van der Waals surface area contributed by atoms with Gasteiger partial charge < -0.3 is 19.0 Å². The number of aryl methyl sites for hydroxylation is 2. The molecule has 0 unspecified atom stereocenters. The van der Waals surface area contributed by atoms with E-state index in [1.54, 1.807) is 13.0 Å². The Morgan fingerprint density at radius 2 is 1.77 bits per heavy atom. The fourth-order valence-electron chi connectivity index (χ4n) is 3.95. The number of piperidine rings is 1. The summed E-state index contributed by atoms with van der Waals surface area (Å²) in [6.07, 6.45) is 3.23. The molecule has 0 saturated carbocycles. The predicted octanol–water partition coefficient (Wildman–Crippen LogP) is 3.36. The van der Waals surface area contributed by atoms with Gasteiger partial charge in [0.1, 0.15) is 5.76 Å². The summed E-state index contributed by atoms with van der Waals surface area (Å²) in [4.78, 5) is 25.2. The van der Waals surface area contributed by atoms with Gasteiger partial charge in [0.05, 0.1) is 45.8 Å². The van der Waals surface area contributed by atoms with Crippen molar-refractivity contribution >= 4 is 11.9 Å². The van der Waals surface area contributed by atoms with Crippen molar-refractivity contribution in [2.24, 2.45) is 0 Å². The summed E-state index contributed by atoms with van der Waals surface area (Å²) in [7, 11) is 4.34. The van der Waals surface area contributed by atoms with Gasteiger partial charge in [-0.2, -0.15) is 0 Å². The molecule has 3 rings (SSSR count). The largest absolute Gasteiger partial charge is 0.466 e.